The molecule has 1 nitrogen and oxygen atoms in total. The second kappa shape index (κ2) is 2.01. The fourth-order valence-electron chi connectivity index (χ4n) is 1.87. The second-order valence-electron chi connectivity index (χ2n) is 3.08. The monoisotopic (exact) mass is 141 g/mol. The molecule has 2 heteroatoms. The maximum absolute atomic E-state index is 4.42. The minimum absolute atomic E-state index is 0.649. The molecule has 50 valence electrons. The molecule has 0 saturated heterocycles. The second-order valence-corrected chi connectivity index (χ2v) is 3.60. The maximum Gasteiger partial charge on any atom is 0.0651 e. The summed E-state index contributed by atoms with van der Waals surface area (Å²) in [6.45, 7) is 0. The summed E-state index contributed by atoms with van der Waals surface area (Å²) in [5.74, 6) is 0.931. The van der Waals surface area contributed by atoms with Crippen molar-refractivity contribution in [1.29, 1.82) is 0 Å². The van der Waals surface area contributed by atoms with Gasteiger partial charge in [0.15, 0.2) is 0 Å². The van der Waals surface area contributed by atoms with Gasteiger partial charge in [-0.25, -0.2) is 0 Å². The molecule has 9 heavy (non-hydrogen) atoms. The lowest BCUT2D eigenvalue weighted by atomic mass is 10.0. The van der Waals surface area contributed by atoms with Crippen LogP contribution in [-0.2, 0) is 0 Å². The standard InChI is InChI=1S/C7H11NS/c9-7-4-5-1-2-6(3-5)8-7/h5-6H,1-4H2,(H,8,9). The van der Waals surface area contributed by atoms with Crippen LogP contribution in [0.3, 0.4) is 0 Å². The van der Waals surface area contributed by atoms with Gasteiger partial charge in [0.2, 0.25) is 0 Å². The number of thiol groups is 1. The van der Waals surface area contributed by atoms with Crippen LogP contribution < -0.4 is 0 Å². The quantitative estimate of drug-likeness (QED) is 0.495. The molecule has 0 aromatic heterocycles. The number of fused-ring (bicyclic) bond motifs is 2. The van der Waals surface area contributed by atoms with E-state index in [9.17, 15) is 0 Å². The van der Waals surface area contributed by atoms with Crippen LogP contribution in [0.1, 0.15) is 25.7 Å². The zero-order valence-corrected chi connectivity index (χ0v) is 6.27. The topological polar surface area (TPSA) is 12.4 Å². The number of hydrogen-bond acceptors (Lipinski definition) is 1. The number of aliphatic imine (C=N–C) groups is 1. The molecular formula is C7H11NS. The molecule has 0 aromatic rings. The minimum Gasteiger partial charge on any atom is -0.280 e. The van der Waals surface area contributed by atoms with E-state index in [1.54, 1.807) is 0 Å². The summed E-state index contributed by atoms with van der Waals surface area (Å²) >= 11 is 4.27. The van der Waals surface area contributed by atoms with Gasteiger partial charge in [-0.1, -0.05) is 0 Å². The van der Waals surface area contributed by atoms with Crippen LogP contribution in [0.5, 0.6) is 0 Å². The summed E-state index contributed by atoms with van der Waals surface area (Å²) in [4.78, 5) is 4.42. The predicted molar refractivity (Wildman–Crippen MR) is 42.2 cm³/mol. The highest BCUT2D eigenvalue weighted by Crippen LogP contribution is 2.35. The van der Waals surface area contributed by atoms with Gasteiger partial charge in [-0.05, 0) is 31.6 Å². The third kappa shape index (κ3) is 1.00. The van der Waals surface area contributed by atoms with Gasteiger partial charge in [0.25, 0.3) is 0 Å². The van der Waals surface area contributed by atoms with Crippen molar-refractivity contribution in [2.75, 3.05) is 0 Å². The van der Waals surface area contributed by atoms with Gasteiger partial charge in [0.05, 0.1) is 11.1 Å². The maximum atomic E-state index is 4.42. The van der Waals surface area contributed by atoms with Crippen LogP contribution in [0.2, 0.25) is 0 Å². The third-order valence-electron chi connectivity index (χ3n) is 2.32. The largest absolute Gasteiger partial charge is 0.280 e. The van der Waals surface area contributed by atoms with E-state index in [0.717, 1.165) is 17.4 Å². The highest BCUT2D eigenvalue weighted by Gasteiger charge is 2.28. The van der Waals surface area contributed by atoms with Gasteiger partial charge in [-0.2, -0.15) is 0 Å². The Balaban J connectivity index is 2.19. The molecule has 2 atom stereocenters. The van der Waals surface area contributed by atoms with E-state index in [1.165, 1.54) is 19.3 Å². The van der Waals surface area contributed by atoms with Gasteiger partial charge < -0.3 is 0 Å². The summed E-state index contributed by atoms with van der Waals surface area (Å²) < 4.78 is 0. The van der Waals surface area contributed by atoms with Crippen molar-refractivity contribution in [3.8, 4) is 0 Å². The van der Waals surface area contributed by atoms with Gasteiger partial charge in [-0.3, -0.25) is 4.99 Å². The molecule has 2 rings (SSSR count). The van der Waals surface area contributed by atoms with Crippen molar-refractivity contribution < 1.29 is 0 Å². The molecule has 0 radical (unpaired) electrons. The van der Waals surface area contributed by atoms with Gasteiger partial charge >= 0.3 is 0 Å². The highest BCUT2D eigenvalue weighted by atomic mass is 32.1. The first-order valence-corrected chi connectivity index (χ1v) is 4.05. The SMILES string of the molecule is SC1=NC2CCC(C1)C2. The fraction of sp³-hybridized carbons (Fsp3) is 0.857. The van der Waals surface area contributed by atoms with Crippen molar-refractivity contribution in [2.24, 2.45) is 10.9 Å². The van der Waals surface area contributed by atoms with Crippen LogP contribution in [0.25, 0.3) is 0 Å². The zero-order valence-electron chi connectivity index (χ0n) is 5.38. The Morgan fingerprint density at radius 2 is 2.33 bits per heavy atom. The average molecular weight is 141 g/mol. The normalized spacial score (nSPS) is 40.8. The molecule has 2 aliphatic rings. The summed E-state index contributed by atoms with van der Waals surface area (Å²) in [7, 11) is 0. The summed E-state index contributed by atoms with van der Waals surface area (Å²) in [5, 5.41) is 1.09. The molecule has 2 bridgehead atoms. The Morgan fingerprint density at radius 3 is 3.11 bits per heavy atom. The lowest BCUT2D eigenvalue weighted by molar-refractivity contribution is 0.544. The van der Waals surface area contributed by atoms with Gasteiger partial charge in [-0.15, -0.1) is 12.6 Å². The summed E-state index contributed by atoms with van der Waals surface area (Å²) in [6, 6.07) is 0.649. The Bertz CT molecular complexity index is 153. The highest BCUT2D eigenvalue weighted by molar-refractivity contribution is 7.97. The van der Waals surface area contributed by atoms with Gasteiger partial charge in [0.1, 0.15) is 0 Å². The first kappa shape index (κ1) is 5.78. The molecule has 0 aromatic carbocycles. The van der Waals surface area contributed by atoms with Crippen molar-refractivity contribution in [2.45, 2.75) is 31.7 Å². The fourth-order valence-corrected chi connectivity index (χ4v) is 2.29. The lowest BCUT2D eigenvalue weighted by Crippen LogP contribution is -2.10. The van der Waals surface area contributed by atoms with Gasteiger partial charge in [0, 0.05) is 0 Å². The molecule has 0 amide bonds. The molecule has 1 aliphatic heterocycles. The molecule has 1 fully saturated rings. The number of rotatable bonds is 0. The van der Waals surface area contributed by atoms with Crippen LogP contribution in [0.15, 0.2) is 4.99 Å². The van der Waals surface area contributed by atoms with Crippen molar-refractivity contribution in [1.82, 2.24) is 0 Å². The van der Waals surface area contributed by atoms with Crippen LogP contribution in [0, 0.1) is 5.92 Å². The van der Waals surface area contributed by atoms with E-state index in [2.05, 4.69) is 17.6 Å². The van der Waals surface area contributed by atoms with E-state index in [4.69, 9.17) is 0 Å². The zero-order chi connectivity index (χ0) is 6.27. The van der Waals surface area contributed by atoms with E-state index in [0.29, 0.717) is 6.04 Å². The third-order valence-corrected chi connectivity index (χ3v) is 2.61. The molecule has 1 heterocycles. The molecule has 0 N–H and O–H groups in total. The summed E-state index contributed by atoms with van der Waals surface area (Å²) in [6.07, 6.45) is 5.19. The number of nitrogens with zero attached hydrogens (tertiary/aromatic N) is 1. The van der Waals surface area contributed by atoms with Crippen molar-refractivity contribution >= 4 is 17.7 Å². The van der Waals surface area contributed by atoms with Crippen LogP contribution >= 0.6 is 12.6 Å². The predicted octanol–water partition coefficient (Wildman–Crippen LogP) is 1.89. The van der Waals surface area contributed by atoms with E-state index < -0.39 is 0 Å². The Labute approximate surface area is 61.0 Å². The molecule has 1 saturated carbocycles. The molecule has 2 unspecified atom stereocenters. The van der Waals surface area contributed by atoms with Crippen LogP contribution in [-0.4, -0.2) is 11.1 Å². The van der Waals surface area contributed by atoms with E-state index in [1.807, 2.05) is 0 Å². The van der Waals surface area contributed by atoms with E-state index in [-0.39, 0.29) is 0 Å². The minimum atomic E-state index is 0.649. The Hall–Kier alpha value is 0.0200. The smallest absolute Gasteiger partial charge is 0.0651 e. The van der Waals surface area contributed by atoms with Crippen molar-refractivity contribution in [3.63, 3.8) is 0 Å². The first-order chi connectivity index (χ1) is 4.34. The number of hydrogen-bond donors (Lipinski definition) is 1. The average Bonchev–Trinajstić information content (AvgIpc) is 2.11. The molecular weight excluding hydrogens is 130 g/mol. The first-order valence-electron chi connectivity index (χ1n) is 3.60. The van der Waals surface area contributed by atoms with Crippen LogP contribution in [0.4, 0.5) is 0 Å². The molecule has 0 spiro atoms. The van der Waals surface area contributed by atoms with Crippen molar-refractivity contribution in [3.05, 3.63) is 0 Å². The Morgan fingerprint density at radius 1 is 1.44 bits per heavy atom. The molecule has 1 aliphatic carbocycles. The summed E-state index contributed by atoms with van der Waals surface area (Å²) in [5.41, 5.74) is 0. The Kier molecular flexibility index (Phi) is 1.29. The van der Waals surface area contributed by atoms with E-state index >= 15 is 0 Å². The lowest BCUT2D eigenvalue weighted by Gasteiger charge is -2.14.